The van der Waals surface area contributed by atoms with Crippen molar-refractivity contribution in [3.05, 3.63) is 36.0 Å². The molecule has 1 aliphatic heterocycles. The Morgan fingerprint density at radius 3 is 2.70 bits per heavy atom. The summed E-state index contributed by atoms with van der Waals surface area (Å²) < 4.78 is 10.7. The lowest BCUT2D eigenvalue weighted by Crippen LogP contribution is -2.46. The number of morpholine rings is 1. The first-order valence-electron chi connectivity index (χ1n) is 9.38. The lowest BCUT2D eigenvalue weighted by atomic mass is 9.91. The summed E-state index contributed by atoms with van der Waals surface area (Å²) in [4.78, 5) is 21.6. The predicted molar refractivity (Wildman–Crippen MR) is 106 cm³/mol. The molecule has 0 aliphatic carbocycles. The first kappa shape index (κ1) is 19.6. The van der Waals surface area contributed by atoms with Crippen molar-refractivity contribution in [1.82, 2.24) is 14.8 Å². The van der Waals surface area contributed by atoms with Crippen molar-refractivity contribution in [1.29, 1.82) is 0 Å². The molecule has 146 valence electrons. The number of hydrogen-bond acceptors (Lipinski definition) is 5. The number of amides is 1. The van der Waals surface area contributed by atoms with Crippen molar-refractivity contribution in [3.8, 4) is 5.75 Å². The summed E-state index contributed by atoms with van der Waals surface area (Å²) in [5.74, 6) is 0.730. The monoisotopic (exact) mass is 371 g/mol. The lowest BCUT2D eigenvalue weighted by Gasteiger charge is -2.37. The van der Waals surface area contributed by atoms with Crippen LogP contribution in [0.15, 0.2) is 30.3 Å². The fourth-order valence-electron chi connectivity index (χ4n) is 3.67. The summed E-state index contributed by atoms with van der Waals surface area (Å²) in [6.45, 7) is 9.50. The minimum Gasteiger partial charge on any atom is -0.497 e. The number of carbonyl (C=O) groups is 1. The van der Waals surface area contributed by atoms with Gasteiger partial charge in [-0.15, -0.1) is 0 Å². The Bertz CT molecular complexity index is 800. The van der Waals surface area contributed by atoms with E-state index in [1.165, 1.54) is 0 Å². The third kappa shape index (κ3) is 4.96. The second kappa shape index (κ2) is 8.23. The lowest BCUT2D eigenvalue weighted by molar-refractivity contribution is 0.0162. The van der Waals surface area contributed by atoms with Gasteiger partial charge in [-0.2, -0.15) is 0 Å². The van der Waals surface area contributed by atoms with Gasteiger partial charge in [-0.05, 0) is 29.7 Å². The number of aromatic nitrogens is 1. The maximum atomic E-state index is 12.9. The molecule has 27 heavy (non-hydrogen) atoms. The van der Waals surface area contributed by atoms with E-state index in [2.05, 4.69) is 23.7 Å². The van der Waals surface area contributed by atoms with Crippen molar-refractivity contribution in [2.75, 3.05) is 53.6 Å². The van der Waals surface area contributed by atoms with Crippen LogP contribution in [0, 0.1) is 5.41 Å². The molecular weight excluding hydrogens is 342 g/mol. The second-order valence-electron chi connectivity index (χ2n) is 7.97. The number of hydrogen-bond donors (Lipinski definition) is 0. The van der Waals surface area contributed by atoms with Gasteiger partial charge in [0.15, 0.2) is 0 Å². The van der Waals surface area contributed by atoms with Crippen LogP contribution in [0.3, 0.4) is 0 Å². The highest BCUT2D eigenvalue weighted by Gasteiger charge is 2.27. The normalized spacial score (nSPS) is 15.7. The van der Waals surface area contributed by atoms with Gasteiger partial charge < -0.3 is 14.4 Å². The fraction of sp³-hybridized carbons (Fsp3) is 0.524. The van der Waals surface area contributed by atoms with E-state index in [1.54, 1.807) is 18.1 Å². The van der Waals surface area contributed by atoms with Crippen LogP contribution in [-0.4, -0.2) is 74.2 Å². The molecule has 2 heterocycles. The van der Waals surface area contributed by atoms with Gasteiger partial charge in [0.05, 0.1) is 25.8 Å². The van der Waals surface area contributed by atoms with E-state index in [4.69, 9.17) is 9.47 Å². The van der Waals surface area contributed by atoms with E-state index in [1.807, 2.05) is 31.3 Å². The minimum absolute atomic E-state index is 0.00797. The van der Waals surface area contributed by atoms with E-state index in [-0.39, 0.29) is 11.3 Å². The molecule has 0 saturated carbocycles. The zero-order chi connectivity index (χ0) is 19.4. The molecule has 0 unspecified atom stereocenters. The van der Waals surface area contributed by atoms with Crippen LogP contribution in [0.4, 0.5) is 0 Å². The average Bonchev–Trinajstić information content (AvgIpc) is 2.66. The minimum atomic E-state index is -0.0530. The summed E-state index contributed by atoms with van der Waals surface area (Å²) in [6.07, 6.45) is 0. The smallest absolute Gasteiger partial charge is 0.272 e. The van der Waals surface area contributed by atoms with Crippen LogP contribution < -0.4 is 4.74 Å². The van der Waals surface area contributed by atoms with Crippen LogP contribution in [0.5, 0.6) is 5.75 Å². The van der Waals surface area contributed by atoms with Crippen molar-refractivity contribution in [3.63, 3.8) is 0 Å². The van der Waals surface area contributed by atoms with Crippen LogP contribution in [0.1, 0.15) is 24.3 Å². The van der Waals surface area contributed by atoms with Gasteiger partial charge in [0.25, 0.3) is 5.91 Å². The third-order valence-corrected chi connectivity index (χ3v) is 4.88. The molecule has 0 atom stereocenters. The number of methoxy groups -OCH3 is 1. The molecule has 1 saturated heterocycles. The molecule has 0 radical (unpaired) electrons. The SMILES string of the molecule is COc1ccc2nc(C(=O)N(C)CC(C)(C)CN3CCOCC3)ccc2c1. The van der Waals surface area contributed by atoms with Crippen molar-refractivity contribution in [2.45, 2.75) is 13.8 Å². The van der Waals surface area contributed by atoms with Gasteiger partial charge in [0.2, 0.25) is 0 Å². The van der Waals surface area contributed by atoms with E-state index < -0.39 is 0 Å². The first-order valence-corrected chi connectivity index (χ1v) is 9.38. The van der Waals surface area contributed by atoms with Crippen LogP contribution in [0.2, 0.25) is 0 Å². The van der Waals surface area contributed by atoms with E-state index in [0.29, 0.717) is 12.2 Å². The fourth-order valence-corrected chi connectivity index (χ4v) is 3.67. The second-order valence-corrected chi connectivity index (χ2v) is 7.97. The predicted octanol–water partition coefficient (Wildman–Crippen LogP) is 2.67. The topological polar surface area (TPSA) is 54.9 Å². The maximum Gasteiger partial charge on any atom is 0.272 e. The number of pyridine rings is 1. The summed E-state index contributed by atoms with van der Waals surface area (Å²) in [5, 5.41) is 0.959. The Morgan fingerprint density at radius 1 is 1.26 bits per heavy atom. The van der Waals surface area contributed by atoms with Crippen LogP contribution in [0.25, 0.3) is 10.9 Å². The maximum absolute atomic E-state index is 12.9. The zero-order valence-electron chi connectivity index (χ0n) is 16.7. The Labute approximate surface area is 161 Å². The molecule has 0 N–H and O–H groups in total. The Morgan fingerprint density at radius 2 is 2.00 bits per heavy atom. The standard InChI is InChI=1S/C21H29N3O3/c1-21(2,15-24-9-11-27-12-10-24)14-23(3)20(25)19-7-5-16-13-17(26-4)6-8-18(16)22-19/h5-8,13H,9-12,14-15H2,1-4H3. The van der Waals surface area contributed by atoms with E-state index >= 15 is 0 Å². The molecule has 6 nitrogen and oxygen atoms in total. The number of rotatable bonds is 6. The quantitative estimate of drug-likeness (QED) is 0.781. The number of carbonyl (C=O) groups excluding carboxylic acids is 1. The molecule has 1 amide bonds. The van der Waals surface area contributed by atoms with Crippen molar-refractivity contribution in [2.24, 2.45) is 5.41 Å². The largest absolute Gasteiger partial charge is 0.497 e. The molecule has 1 aromatic heterocycles. The Kier molecular flexibility index (Phi) is 5.97. The molecule has 3 rings (SSSR count). The summed E-state index contributed by atoms with van der Waals surface area (Å²) in [6, 6.07) is 9.37. The number of fused-ring (bicyclic) bond motifs is 1. The van der Waals surface area contributed by atoms with Gasteiger partial charge in [0, 0.05) is 38.6 Å². The molecular formula is C21H29N3O3. The summed E-state index contributed by atoms with van der Waals surface area (Å²) >= 11 is 0. The molecule has 6 heteroatoms. The molecule has 2 aromatic rings. The molecule has 1 aliphatic rings. The molecule has 1 fully saturated rings. The summed E-state index contributed by atoms with van der Waals surface area (Å²) in [5.41, 5.74) is 1.26. The van der Waals surface area contributed by atoms with Gasteiger partial charge in [-0.25, -0.2) is 4.98 Å². The van der Waals surface area contributed by atoms with Gasteiger partial charge in [0.1, 0.15) is 11.4 Å². The first-order chi connectivity index (χ1) is 12.9. The molecule has 0 bridgehead atoms. The highest BCUT2D eigenvalue weighted by molar-refractivity contribution is 5.95. The van der Waals surface area contributed by atoms with E-state index in [0.717, 1.165) is 49.5 Å². The Balaban J connectivity index is 1.67. The van der Waals surface area contributed by atoms with Crippen molar-refractivity contribution >= 4 is 16.8 Å². The van der Waals surface area contributed by atoms with Crippen molar-refractivity contribution < 1.29 is 14.3 Å². The van der Waals surface area contributed by atoms with Gasteiger partial charge >= 0.3 is 0 Å². The number of nitrogens with zero attached hydrogens (tertiary/aromatic N) is 3. The Hall–Kier alpha value is -2.18. The number of benzene rings is 1. The molecule has 0 spiro atoms. The highest BCUT2D eigenvalue weighted by atomic mass is 16.5. The van der Waals surface area contributed by atoms with Crippen LogP contribution in [-0.2, 0) is 4.74 Å². The van der Waals surface area contributed by atoms with Gasteiger partial charge in [-0.3, -0.25) is 9.69 Å². The highest BCUT2D eigenvalue weighted by Crippen LogP contribution is 2.22. The van der Waals surface area contributed by atoms with Crippen LogP contribution >= 0.6 is 0 Å². The van der Waals surface area contributed by atoms with Gasteiger partial charge in [-0.1, -0.05) is 19.9 Å². The van der Waals surface area contributed by atoms with E-state index in [9.17, 15) is 4.79 Å². The molecule has 1 aromatic carbocycles. The average molecular weight is 371 g/mol. The number of ether oxygens (including phenoxy) is 2. The third-order valence-electron chi connectivity index (χ3n) is 4.88. The zero-order valence-corrected chi connectivity index (χ0v) is 16.7. The summed E-state index contributed by atoms with van der Waals surface area (Å²) in [7, 11) is 3.49.